The third kappa shape index (κ3) is 3.70. The molecule has 108 valence electrons. The van der Waals surface area contributed by atoms with Crippen molar-refractivity contribution in [3.63, 3.8) is 0 Å². The van der Waals surface area contributed by atoms with Gasteiger partial charge < -0.3 is 15.0 Å². The van der Waals surface area contributed by atoms with E-state index in [2.05, 4.69) is 10.1 Å². The maximum absolute atomic E-state index is 5.95. The fourth-order valence-electron chi connectivity index (χ4n) is 1.50. The molecule has 1 aromatic carbocycles. The second kappa shape index (κ2) is 6.54. The topological polar surface area (TPSA) is 74.2 Å². The van der Waals surface area contributed by atoms with E-state index in [0.29, 0.717) is 33.9 Å². The molecule has 5 nitrogen and oxygen atoms in total. The van der Waals surface area contributed by atoms with Crippen LogP contribution in [-0.2, 0) is 4.74 Å². The predicted molar refractivity (Wildman–Crippen MR) is 77.8 cm³/mol. The van der Waals surface area contributed by atoms with Gasteiger partial charge in [-0.15, -0.1) is 0 Å². The molecule has 2 rings (SSSR count). The number of aromatic nitrogens is 2. The Labute approximate surface area is 127 Å². The predicted octanol–water partition coefficient (Wildman–Crippen LogP) is 3.47. The fraction of sp³-hybridized carbons (Fsp3) is 0.385. The van der Waals surface area contributed by atoms with E-state index in [-0.39, 0.29) is 6.10 Å². The van der Waals surface area contributed by atoms with Crippen molar-refractivity contribution in [2.24, 2.45) is 5.73 Å². The molecule has 0 aliphatic heterocycles. The Bertz CT molecular complexity index is 587. The van der Waals surface area contributed by atoms with Gasteiger partial charge in [0.2, 0.25) is 0 Å². The molecule has 0 fully saturated rings. The summed E-state index contributed by atoms with van der Waals surface area (Å²) < 4.78 is 10.6. The molecular weight excluding hydrogens is 301 g/mol. The molecule has 0 radical (unpaired) electrons. The SMILES string of the molecule is CC(C)OCC(N)c1noc(-c2ccc(Cl)c(Cl)c2)n1. The fourth-order valence-corrected chi connectivity index (χ4v) is 1.80. The van der Waals surface area contributed by atoms with Gasteiger partial charge in [0, 0.05) is 5.56 Å². The van der Waals surface area contributed by atoms with Crippen LogP contribution in [0.15, 0.2) is 22.7 Å². The van der Waals surface area contributed by atoms with Crippen LogP contribution in [0.1, 0.15) is 25.7 Å². The number of nitrogens with two attached hydrogens (primary N) is 1. The molecule has 2 aromatic rings. The van der Waals surface area contributed by atoms with Crippen molar-refractivity contribution < 1.29 is 9.26 Å². The quantitative estimate of drug-likeness (QED) is 0.914. The van der Waals surface area contributed by atoms with Crippen LogP contribution < -0.4 is 5.73 Å². The molecule has 1 heterocycles. The Hall–Kier alpha value is -1.14. The van der Waals surface area contributed by atoms with Crippen LogP contribution in [0.25, 0.3) is 11.5 Å². The number of benzene rings is 1. The highest BCUT2D eigenvalue weighted by molar-refractivity contribution is 6.42. The Morgan fingerprint density at radius 3 is 2.70 bits per heavy atom. The van der Waals surface area contributed by atoms with E-state index in [0.717, 1.165) is 0 Å². The van der Waals surface area contributed by atoms with E-state index < -0.39 is 6.04 Å². The van der Waals surface area contributed by atoms with Gasteiger partial charge in [-0.25, -0.2) is 0 Å². The summed E-state index contributed by atoms with van der Waals surface area (Å²) in [6.45, 7) is 4.20. The van der Waals surface area contributed by atoms with Crippen LogP contribution >= 0.6 is 23.2 Å². The van der Waals surface area contributed by atoms with E-state index in [1.807, 2.05) is 13.8 Å². The van der Waals surface area contributed by atoms with E-state index in [1.165, 1.54) is 0 Å². The zero-order valence-electron chi connectivity index (χ0n) is 11.1. The van der Waals surface area contributed by atoms with Gasteiger partial charge in [-0.05, 0) is 32.0 Å². The number of halogens is 2. The lowest BCUT2D eigenvalue weighted by atomic mass is 10.2. The highest BCUT2D eigenvalue weighted by Gasteiger charge is 2.16. The van der Waals surface area contributed by atoms with Gasteiger partial charge in [-0.1, -0.05) is 28.4 Å². The molecule has 1 unspecified atom stereocenters. The lowest BCUT2D eigenvalue weighted by Gasteiger charge is -2.10. The summed E-state index contributed by atoms with van der Waals surface area (Å²) in [7, 11) is 0. The highest BCUT2D eigenvalue weighted by Crippen LogP contribution is 2.28. The van der Waals surface area contributed by atoms with Crippen LogP contribution in [0.3, 0.4) is 0 Å². The lowest BCUT2D eigenvalue weighted by Crippen LogP contribution is -2.20. The van der Waals surface area contributed by atoms with E-state index in [4.69, 9.17) is 38.2 Å². The number of hydrogen-bond donors (Lipinski definition) is 1. The molecule has 0 aliphatic carbocycles. The molecule has 20 heavy (non-hydrogen) atoms. The summed E-state index contributed by atoms with van der Waals surface area (Å²) in [6, 6.07) is 4.65. The van der Waals surface area contributed by atoms with Gasteiger partial charge in [0.25, 0.3) is 5.89 Å². The van der Waals surface area contributed by atoms with Crippen molar-refractivity contribution in [1.29, 1.82) is 0 Å². The Morgan fingerprint density at radius 2 is 2.05 bits per heavy atom. The summed E-state index contributed by atoms with van der Waals surface area (Å²) >= 11 is 11.8. The summed E-state index contributed by atoms with van der Waals surface area (Å²) in [6.07, 6.45) is 0.0995. The van der Waals surface area contributed by atoms with Crippen LogP contribution in [-0.4, -0.2) is 22.9 Å². The average Bonchev–Trinajstić information content (AvgIpc) is 2.89. The summed E-state index contributed by atoms with van der Waals surface area (Å²) in [4.78, 5) is 4.24. The molecular formula is C13H15Cl2N3O2. The Kier molecular flexibility index (Phi) is 4.99. The average molecular weight is 316 g/mol. The van der Waals surface area contributed by atoms with Crippen LogP contribution in [0.4, 0.5) is 0 Å². The second-order valence-electron chi connectivity index (χ2n) is 4.58. The number of ether oxygens (including phenoxy) is 1. The van der Waals surface area contributed by atoms with Gasteiger partial charge in [0.1, 0.15) is 0 Å². The molecule has 7 heteroatoms. The largest absolute Gasteiger partial charge is 0.377 e. The minimum Gasteiger partial charge on any atom is -0.377 e. The molecule has 2 N–H and O–H groups in total. The number of hydrogen-bond acceptors (Lipinski definition) is 5. The zero-order chi connectivity index (χ0) is 14.7. The van der Waals surface area contributed by atoms with Gasteiger partial charge >= 0.3 is 0 Å². The Morgan fingerprint density at radius 1 is 1.30 bits per heavy atom. The standard InChI is InChI=1S/C13H15Cl2N3O2/c1-7(2)19-6-11(16)12-17-13(20-18-12)8-3-4-9(14)10(15)5-8/h3-5,7,11H,6,16H2,1-2H3. The number of rotatable bonds is 5. The van der Waals surface area contributed by atoms with Gasteiger partial charge in [0.15, 0.2) is 5.82 Å². The first-order valence-electron chi connectivity index (χ1n) is 6.13. The monoisotopic (exact) mass is 315 g/mol. The first-order valence-corrected chi connectivity index (χ1v) is 6.89. The second-order valence-corrected chi connectivity index (χ2v) is 5.39. The van der Waals surface area contributed by atoms with Crippen LogP contribution in [0, 0.1) is 0 Å². The van der Waals surface area contributed by atoms with Crippen LogP contribution in [0.5, 0.6) is 0 Å². The lowest BCUT2D eigenvalue weighted by molar-refractivity contribution is 0.0665. The maximum Gasteiger partial charge on any atom is 0.258 e. The highest BCUT2D eigenvalue weighted by atomic mass is 35.5. The van der Waals surface area contributed by atoms with Gasteiger partial charge in [-0.2, -0.15) is 4.98 Å². The molecule has 0 bridgehead atoms. The van der Waals surface area contributed by atoms with Crippen LogP contribution in [0.2, 0.25) is 10.0 Å². The van der Waals surface area contributed by atoms with Crippen molar-refractivity contribution in [3.8, 4) is 11.5 Å². The molecule has 0 amide bonds. The molecule has 0 spiro atoms. The third-order valence-corrected chi connectivity index (χ3v) is 3.29. The van der Waals surface area contributed by atoms with E-state index in [9.17, 15) is 0 Å². The molecule has 0 saturated carbocycles. The van der Waals surface area contributed by atoms with Crippen molar-refractivity contribution in [2.75, 3.05) is 6.61 Å². The molecule has 0 saturated heterocycles. The number of nitrogens with zero attached hydrogens (tertiary/aromatic N) is 2. The summed E-state index contributed by atoms with van der Waals surface area (Å²) in [5.41, 5.74) is 6.62. The van der Waals surface area contributed by atoms with E-state index >= 15 is 0 Å². The summed E-state index contributed by atoms with van der Waals surface area (Å²) in [5.74, 6) is 0.741. The van der Waals surface area contributed by atoms with Crippen molar-refractivity contribution >= 4 is 23.2 Å². The maximum atomic E-state index is 5.95. The van der Waals surface area contributed by atoms with Gasteiger partial charge in [0.05, 0.1) is 28.8 Å². The van der Waals surface area contributed by atoms with Crippen molar-refractivity contribution in [3.05, 3.63) is 34.1 Å². The minimum atomic E-state index is -0.433. The van der Waals surface area contributed by atoms with Crippen molar-refractivity contribution in [2.45, 2.75) is 26.0 Å². The Balaban J connectivity index is 2.13. The first-order chi connectivity index (χ1) is 9.47. The first kappa shape index (κ1) is 15.3. The van der Waals surface area contributed by atoms with Gasteiger partial charge in [-0.3, -0.25) is 0 Å². The third-order valence-electron chi connectivity index (χ3n) is 2.55. The molecule has 1 aromatic heterocycles. The molecule has 0 aliphatic rings. The molecule has 1 atom stereocenters. The summed E-state index contributed by atoms with van der Waals surface area (Å²) in [5, 5.41) is 4.75. The zero-order valence-corrected chi connectivity index (χ0v) is 12.6. The van der Waals surface area contributed by atoms with E-state index in [1.54, 1.807) is 18.2 Å². The smallest absolute Gasteiger partial charge is 0.258 e. The van der Waals surface area contributed by atoms with Crippen molar-refractivity contribution in [1.82, 2.24) is 10.1 Å². The minimum absolute atomic E-state index is 0.0995. The normalized spacial score (nSPS) is 12.9.